The van der Waals surface area contributed by atoms with E-state index in [0.29, 0.717) is 31.9 Å². The van der Waals surface area contributed by atoms with Crippen LogP contribution in [0, 0.1) is 0 Å². The van der Waals surface area contributed by atoms with Crippen LogP contribution in [0.5, 0.6) is 5.75 Å². The fourth-order valence-electron chi connectivity index (χ4n) is 2.59. The molecule has 3 amide bonds. The Labute approximate surface area is 137 Å². The van der Waals surface area contributed by atoms with Gasteiger partial charge >= 0.3 is 6.03 Å². The highest BCUT2D eigenvalue weighted by atomic mass is 16.5. The van der Waals surface area contributed by atoms with Crippen molar-refractivity contribution in [1.29, 1.82) is 0 Å². The number of urea groups is 1. The number of piperazine rings is 1. The summed E-state index contributed by atoms with van der Waals surface area (Å²) in [7, 11) is 3.47. The number of hydrogen-bond donors (Lipinski definition) is 0. The van der Waals surface area contributed by atoms with Crippen molar-refractivity contribution in [1.82, 2.24) is 14.7 Å². The Morgan fingerprint density at radius 2 is 1.52 bits per heavy atom. The van der Waals surface area contributed by atoms with Gasteiger partial charge in [-0.15, -0.1) is 0 Å². The molecule has 1 saturated heterocycles. The minimum atomic E-state index is -0.935. The fraction of sp³-hybridized carbons (Fsp3) is 0.529. The maximum absolute atomic E-state index is 12.7. The molecule has 0 aromatic heterocycles. The van der Waals surface area contributed by atoms with E-state index in [1.54, 1.807) is 42.6 Å². The first kappa shape index (κ1) is 17.1. The van der Waals surface area contributed by atoms with Crippen molar-refractivity contribution in [2.24, 2.45) is 0 Å². The van der Waals surface area contributed by atoms with E-state index in [1.165, 1.54) is 0 Å². The van der Waals surface area contributed by atoms with E-state index in [4.69, 9.17) is 4.74 Å². The van der Waals surface area contributed by atoms with Crippen molar-refractivity contribution in [2.75, 3.05) is 40.3 Å². The van der Waals surface area contributed by atoms with Gasteiger partial charge in [0.15, 0.2) is 5.60 Å². The first-order chi connectivity index (χ1) is 10.8. The molecule has 0 spiro atoms. The molecule has 1 fully saturated rings. The SMILES string of the molecule is CN(C)C(=O)N1CCN(C(=O)C(C)(C)Oc2ccccc2)CC1. The molecule has 0 unspecified atom stereocenters. The summed E-state index contributed by atoms with van der Waals surface area (Å²) in [6.07, 6.45) is 0. The second kappa shape index (κ2) is 6.89. The van der Waals surface area contributed by atoms with Gasteiger partial charge in [-0.2, -0.15) is 0 Å². The molecular formula is C17H25N3O3. The van der Waals surface area contributed by atoms with Crippen LogP contribution in [0.2, 0.25) is 0 Å². The van der Waals surface area contributed by atoms with Crippen LogP contribution in [0.15, 0.2) is 30.3 Å². The van der Waals surface area contributed by atoms with E-state index in [0.717, 1.165) is 0 Å². The molecular weight excluding hydrogens is 294 g/mol. The molecule has 1 aromatic carbocycles. The summed E-state index contributed by atoms with van der Waals surface area (Å²) in [4.78, 5) is 29.7. The highest BCUT2D eigenvalue weighted by Crippen LogP contribution is 2.20. The van der Waals surface area contributed by atoms with Crippen LogP contribution >= 0.6 is 0 Å². The van der Waals surface area contributed by atoms with Gasteiger partial charge in [0.05, 0.1) is 0 Å². The first-order valence-corrected chi connectivity index (χ1v) is 7.81. The Bertz CT molecular complexity index is 549. The fourth-order valence-corrected chi connectivity index (χ4v) is 2.59. The highest BCUT2D eigenvalue weighted by molar-refractivity contribution is 5.85. The van der Waals surface area contributed by atoms with Crippen LogP contribution in [-0.4, -0.2) is 72.5 Å². The molecule has 23 heavy (non-hydrogen) atoms. The normalized spacial score (nSPS) is 15.3. The molecule has 1 aliphatic rings. The van der Waals surface area contributed by atoms with Crippen molar-refractivity contribution < 1.29 is 14.3 Å². The molecule has 0 N–H and O–H groups in total. The maximum atomic E-state index is 12.7. The summed E-state index contributed by atoms with van der Waals surface area (Å²) in [5.74, 6) is 0.616. The molecule has 1 heterocycles. The van der Waals surface area contributed by atoms with Gasteiger partial charge in [0.25, 0.3) is 5.91 Å². The minimum Gasteiger partial charge on any atom is -0.478 e. The number of ether oxygens (including phenoxy) is 1. The number of carbonyl (C=O) groups excluding carboxylic acids is 2. The summed E-state index contributed by atoms with van der Waals surface area (Å²) in [5.41, 5.74) is -0.935. The van der Waals surface area contributed by atoms with E-state index < -0.39 is 5.60 Å². The summed E-state index contributed by atoms with van der Waals surface area (Å²) in [5, 5.41) is 0. The van der Waals surface area contributed by atoms with Crippen LogP contribution in [0.4, 0.5) is 4.79 Å². The average molecular weight is 319 g/mol. The Balaban J connectivity index is 1.94. The lowest BCUT2D eigenvalue weighted by atomic mass is 10.1. The predicted octanol–water partition coefficient (Wildman–Crippen LogP) is 1.67. The number of hydrogen-bond acceptors (Lipinski definition) is 3. The van der Waals surface area contributed by atoms with Gasteiger partial charge in [-0.1, -0.05) is 18.2 Å². The largest absolute Gasteiger partial charge is 0.478 e. The number of amides is 3. The van der Waals surface area contributed by atoms with Crippen molar-refractivity contribution >= 4 is 11.9 Å². The van der Waals surface area contributed by atoms with Crippen LogP contribution in [0.1, 0.15) is 13.8 Å². The zero-order chi connectivity index (χ0) is 17.0. The van der Waals surface area contributed by atoms with Gasteiger partial charge in [0, 0.05) is 40.3 Å². The molecule has 0 saturated carbocycles. The first-order valence-electron chi connectivity index (χ1n) is 7.81. The van der Waals surface area contributed by atoms with Crippen LogP contribution < -0.4 is 4.74 Å². The summed E-state index contributed by atoms with van der Waals surface area (Å²) in [6.45, 7) is 5.70. The lowest BCUT2D eigenvalue weighted by Crippen LogP contribution is -2.57. The molecule has 6 heteroatoms. The predicted molar refractivity (Wildman–Crippen MR) is 88.4 cm³/mol. The molecule has 0 radical (unpaired) electrons. The third kappa shape index (κ3) is 4.15. The maximum Gasteiger partial charge on any atom is 0.319 e. The van der Waals surface area contributed by atoms with Crippen molar-refractivity contribution in [3.8, 4) is 5.75 Å². The number of benzene rings is 1. The van der Waals surface area contributed by atoms with Gasteiger partial charge < -0.3 is 19.4 Å². The lowest BCUT2D eigenvalue weighted by Gasteiger charge is -2.39. The molecule has 126 valence electrons. The Morgan fingerprint density at radius 3 is 2.04 bits per heavy atom. The second-order valence-corrected chi connectivity index (χ2v) is 6.38. The van der Waals surface area contributed by atoms with E-state index in [-0.39, 0.29) is 11.9 Å². The van der Waals surface area contributed by atoms with Crippen molar-refractivity contribution in [3.63, 3.8) is 0 Å². The van der Waals surface area contributed by atoms with Gasteiger partial charge in [-0.25, -0.2) is 4.79 Å². The van der Waals surface area contributed by atoms with E-state index in [9.17, 15) is 9.59 Å². The highest BCUT2D eigenvalue weighted by Gasteiger charge is 2.36. The minimum absolute atomic E-state index is 0.0168. The summed E-state index contributed by atoms with van der Waals surface area (Å²) >= 11 is 0. The summed E-state index contributed by atoms with van der Waals surface area (Å²) < 4.78 is 5.85. The van der Waals surface area contributed by atoms with Crippen LogP contribution in [0.25, 0.3) is 0 Å². The topological polar surface area (TPSA) is 53.1 Å². The zero-order valence-electron chi connectivity index (χ0n) is 14.3. The quantitative estimate of drug-likeness (QED) is 0.851. The Kier molecular flexibility index (Phi) is 5.13. The number of carbonyl (C=O) groups is 2. The van der Waals surface area contributed by atoms with E-state index >= 15 is 0 Å². The third-order valence-electron chi connectivity index (χ3n) is 3.85. The van der Waals surface area contributed by atoms with Crippen LogP contribution in [0.3, 0.4) is 0 Å². The van der Waals surface area contributed by atoms with E-state index in [1.807, 2.05) is 30.3 Å². The van der Waals surface area contributed by atoms with Gasteiger partial charge in [-0.05, 0) is 26.0 Å². The van der Waals surface area contributed by atoms with Gasteiger partial charge in [0.2, 0.25) is 0 Å². The Hall–Kier alpha value is -2.24. The third-order valence-corrected chi connectivity index (χ3v) is 3.85. The standard InChI is InChI=1S/C17H25N3O3/c1-17(2,23-14-8-6-5-7-9-14)15(21)19-10-12-20(13-11-19)16(22)18(3)4/h5-9H,10-13H2,1-4H3. The van der Waals surface area contributed by atoms with Gasteiger partial charge in [0.1, 0.15) is 5.75 Å². The molecule has 2 rings (SSSR count). The Morgan fingerprint density at radius 1 is 1.00 bits per heavy atom. The molecule has 1 aliphatic heterocycles. The number of nitrogens with zero attached hydrogens (tertiary/aromatic N) is 3. The monoisotopic (exact) mass is 319 g/mol. The van der Waals surface area contributed by atoms with Crippen LogP contribution in [-0.2, 0) is 4.79 Å². The smallest absolute Gasteiger partial charge is 0.319 e. The van der Waals surface area contributed by atoms with Gasteiger partial charge in [-0.3, -0.25) is 4.79 Å². The molecule has 0 aliphatic carbocycles. The molecule has 6 nitrogen and oxygen atoms in total. The lowest BCUT2D eigenvalue weighted by molar-refractivity contribution is -0.147. The number of rotatable bonds is 3. The van der Waals surface area contributed by atoms with Crippen molar-refractivity contribution in [3.05, 3.63) is 30.3 Å². The van der Waals surface area contributed by atoms with Crippen molar-refractivity contribution in [2.45, 2.75) is 19.4 Å². The molecule has 0 bridgehead atoms. The van der Waals surface area contributed by atoms with E-state index in [2.05, 4.69) is 0 Å². The summed E-state index contributed by atoms with van der Waals surface area (Å²) in [6, 6.07) is 9.31. The average Bonchev–Trinajstić information content (AvgIpc) is 2.54. The zero-order valence-corrected chi connectivity index (χ0v) is 14.3. The molecule has 0 atom stereocenters. The number of para-hydroxylation sites is 1. The second-order valence-electron chi connectivity index (χ2n) is 6.38. The molecule has 1 aromatic rings.